The molecule has 0 unspecified atom stereocenters. The zero-order valence-corrected chi connectivity index (χ0v) is 7.33. The number of thioether (sulfide) groups is 1. The van der Waals surface area contributed by atoms with Crippen LogP contribution in [0.25, 0.3) is 0 Å². The topological polar surface area (TPSA) is 0 Å². The van der Waals surface area contributed by atoms with Crippen LogP contribution in [0, 0.1) is 6.92 Å². The van der Waals surface area contributed by atoms with Gasteiger partial charge in [0.25, 0.3) is 0 Å². The van der Waals surface area contributed by atoms with Gasteiger partial charge in [-0.1, -0.05) is 18.2 Å². The SMILES string of the molecule is Cc1ccccc1SCCF. The fraction of sp³-hybridized carbons (Fsp3) is 0.333. The first kappa shape index (κ1) is 8.60. The second-order valence-electron chi connectivity index (χ2n) is 2.30. The minimum absolute atomic E-state index is 0.251. The van der Waals surface area contributed by atoms with Crippen molar-refractivity contribution in [2.75, 3.05) is 12.4 Å². The van der Waals surface area contributed by atoms with Gasteiger partial charge in [0.1, 0.15) is 0 Å². The minimum Gasteiger partial charge on any atom is -0.250 e. The lowest BCUT2D eigenvalue weighted by molar-refractivity contribution is 0.533. The van der Waals surface area contributed by atoms with Gasteiger partial charge in [-0.05, 0) is 18.6 Å². The fourth-order valence-corrected chi connectivity index (χ4v) is 1.63. The average Bonchev–Trinajstić information content (AvgIpc) is 2.03. The lowest BCUT2D eigenvalue weighted by atomic mass is 10.2. The molecule has 0 saturated heterocycles. The summed E-state index contributed by atoms with van der Waals surface area (Å²) >= 11 is 1.57. The van der Waals surface area contributed by atoms with Gasteiger partial charge in [-0.15, -0.1) is 11.8 Å². The van der Waals surface area contributed by atoms with Crippen molar-refractivity contribution in [2.45, 2.75) is 11.8 Å². The van der Waals surface area contributed by atoms with Crippen molar-refractivity contribution in [3.63, 3.8) is 0 Å². The zero-order valence-electron chi connectivity index (χ0n) is 6.51. The van der Waals surface area contributed by atoms with Crippen molar-refractivity contribution in [3.05, 3.63) is 29.8 Å². The van der Waals surface area contributed by atoms with Crippen molar-refractivity contribution in [1.82, 2.24) is 0 Å². The predicted octanol–water partition coefficient (Wildman–Crippen LogP) is 3.06. The van der Waals surface area contributed by atoms with E-state index in [1.807, 2.05) is 31.2 Å². The number of halogens is 1. The molecule has 0 N–H and O–H groups in total. The third kappa shape index (κ3) is 2.54. The summed E-state index contributed by atoms with van der Waals surface area (Å²) < 4.78 is 11.8. The van der Waals surface area contributed by atoms with E-state index in [2.05, 4.69) is 0 Å². The van der Waals surface area contributed by atoms with E-state index >= 15 is 0 Å². The first-order valence-electron chi connectivity index (χ1n) is 3.59. The quantitative estimate of drug-likeness (QED) is 0.628. The molecule has 0 atom stereocenters. The number of rotatable bonds is 3. The molecule has 0 nitrogen and oxygen atoms in total. The highest BCUT2D eigenvalue weighted by atomic mass is 32.2. The molecular weight excluding hydrogens is 159 g/mol. The van der Waals surface area contributed by atoms with Crippen LogP contribution in [0.3, 0.4) is 0 Å². The Morgan fingerprint density at radius 3 is 2.73 bits per heavy atom. The highest BCUT2D eigenvalue weighted by Gasteiger charge is 1.95. The highest BCUT2D eigenvalue weighted by Crippen LogP contribution is 2.21. The molecular formula is C9H11FS. The van der Waals surface area contributed by atoms with Gasteiger partial charge in [0, 0.05) is 10.6 Å². The highest BCUT2D eigenvalue weighted by molar-refractivity contribution is 7.99. The maximum Gasteiger partial charge on any atom is 0.0988 e. The van der Waals surface area contributed by atoms with Gasteiger partial charge in [-0.2, -0.15) is 0 Å². The van der Waals surface area contributed by atoms with Gasteiger partial charge in [-0.25, -0.2) is 0 Å². The molecule has 2 heteroatoms. The van der Waals surface area contributed by atoms with Gasteiger partial charge in [0.05, 0.1) is 6.67 Å². The molecule has 0 aromatic heterocycles. The maximum absolute atomic E-state index is 11.8. The molecule has 0 aliphatic carbocycles. The van der Waals surface area contributed by atoms with Crippen LogP contribution >= 0.6 is 11.8 Å². The van der Waals surface area contributed by atoms with Gasteiger partial charge in [0.15, 0.2) is 0 Å². The average molecular weight is 170 g/mol. The van der Waals surface area contributed by atoms with E-state index in [1.54, 1.807) is 11.8 Å². The van der Waals surface area contributed by atoms with Crippen LogP contribution < -0.4 is 0 Å². The van der Waals surface area contributed by atoms with Crippen molar-refractivity contribution in [2.24, 2.45) is 0 Å². The summed E-state index contributed by atoms with van der Waals surface area (Å²) in [7, 11) is 0. The lowest BCUT2D eigenvalue weighted by Gasteiger charge is -2.01. The molecule has 60 valence electrons. The lowest BCUT2D eigenvalue weighted by Crippen LogP contribution is -1.82. The normalized spacial score (nSPS) is 10.0. The minimum atomic E-state index is -0.251. The number of benzene rings is 1. The van der Waals surface area contributed by atoms with E-state index < -0.39 is 0 Å². The molecule has 0 aliphatic heterocycles. The number of hydrogen-bond acceptors (Lipinski definition) is 1. The van der Waals surface area contributed by atoms with Crippen LogP contribution in [0.4, 0.5) is 4.39 Å². The molecule has 0 heterocycles. The van der Waals surface area contributed by atoms with Crippen LogP contribution in [-0.4, -0.2) is 12.4 Å². The molecule has 0 amide bonds. The molecule has 0 saturated carbocycles. The summed E-state index contributed by atoms with van der Waals surface area (Å²) in [5.41, 5.74) is 1.23. The second-order valence-corrected chi connectivity index (χ2v) is 3.44. The van der Waals surface area contributed by atoms with Crippen LogP contribution in [0.5, 0.6) is 0 Å². The first-order valence-corrected chi connectivity index (χ1v) is 4.57. The van der Waals surface area contributed by atoms with Crippen LogP contribution in [0.15, 0.2) is 29.2 Å². The zero-order chi connectivity index (χ0) is 8.10. The Labute approximate surface area is 70.8 Å². The van der Waals surface area contributed by atoms with Crippen molar-refractivity contribution in [3.8, 4) is 0 Å². The van der Waals surface area contributed by atoms with E-state index in [4.69, 9.17) is 0 Å². The van der Waals surface area contributed by atoms with Crippen LogP contribution in [0.2, 0.25) is 0 Å². The molecule has 1 aromatic carbocycles. The fourth-order valence-electron chi connectivity index (χ4n) is 0.867. The van der Waals surface area contributed by atoms with E-state index in [9.17, 15) is 4.39 Å². The molecule has 0 aliphatic rings. The number of aryl methyl sites for hydroxylation is 1. The molecule has 0 radical (unpaired) electrons. The summed E-state index contributed by atoms with van der Waals surface area (Å²) in [5, 5.41) is 0. The van der Waals surface area contributed by atoms with Gasteiger partial charge in [0.2, 0.25) is 0 Å². The monoisotopic (exact) mass is 170 g/mol. The number of hydrogen-bond donors (Lipinski definition) is 0. The standard InChI is InChI=1S/C9H11FS/c1-8-4-2-3-5-9(8)11-7-6-10/h2-5H,6-7H2,1H3. The molecule has 1 rings (SSSR count). The van der Waals surface area contributed by atoms with Gasteiger partial charge < -0.3 is 0 Å². The third-order valence-electron chi connectivity index (χ3n) is 1.43. The van der Waals surface area contributed by atoms with Crippen molar-refractivity contribution in [1.29, 1.82) is 0 Å². The summed E-state index contributed by atoms with van der Waals surface area (Å²) in [6.45, 7) is 1.79. The Hall–Kier alpha value is -0.500. The van der Waals surface area contributed by atoms with E-state index in [1.165, 1.54) is 10.5 Å². The molecule has 1 aromatic rings. The van der Waals surface area contributed by atoms with Crippen molar-refractivity contribution >= 4 is 11.8 Å². The Morgan fingerprint density at radius 1 is 1.36 bits per heavy atom. The van der Waals surface area contributed by atoms with Crippen LogP contribution in [0.1, 0.15) is 5.56 Å². The summed E-state index contributed by atoms with van der Waals surface area (Å²) in [6.07, 6.45) is 0. The molecule has 0 fully saturated rings. The first-order chi connectivity index (χ1) is 5.34. The smallest absolute Gasteiger partial charge is 0.0988 e. The van der Waals surface area contributed by atoms with E-state index in [-0.39, 0.29) is 6.67 Å². The molecule has 0 spiro atoms. The van der Waals surface area contributed by atoms with E-state index in [0.717, 1.165) is 0 Å². The Kier molecular flexibility index (Phi) is 3.43. The van der Waals surface area contributed by atoms with Gasteiger partial charge in [-0.3, -0.25) is 4.39 Å². The maximum atomic E-state index is 11.8. The number of alkyl halides is 1. The summed E-state index contributed by atoms with van der Waals surface area (Å²) in [5.74, 6) is 0.560. The Balaban J connectivity index is 2.62. The Bertz CT molecular complexity index is 223. The largest absolute Gasteiger partial charge is 0.250 e. The second kappa shape index (κ2) is 4.39. The summed E-state index contributed by atoms with van der Waals surface area (Å²) in [4.78, 5) is 1.19. The van der Waals surface area contributed by atoms with E-state index in [0.29, 0.717) is 5.75 Å². The summed E-state index contributed by atoms with van der Waals surface area (Å²) in [6, 6.07) is 8.04. The molecule has 0 bridgehead atoms. The van der Waals surface area contributed by atoms with Gasteiger partial charge >= 0.3 is 0 Å². The van der Waals surface area contributed by atoms with Crippen molar-refractivity contribution < 1.29 is 4.39 Å². The Morgan fingerprint density at radius 2 is 2.09 bits per heavy atom. The third-order valence-corrected chi connectivity index (χ3v) is 2.56. The predicted molar refractivity (Wildman–Crippen MR) is 47.9 cm³/mol. The van der Waals surface area contributed by atoms with Crippen LogP contribution in [-0.2, 0) is 0 Å². The molecule has 11 heavy (non-hydrogen) atoms.